The monoisotopic (exact) mass is 847 g/mol. The molecule has 61 heavy (non-hydrogen) atoms. The molecule has 4 amide bonds. The number of aromatic amines is 1. The number of fused-ring (bicyclic) bond motifs is 2. The molecule has 0 aliphatic carbocycles. The highest BCUT2D eigenvalue weighted by Gasteiger charge is 2.37. The van der Waals surface area contributed by atoms with Crippen LogP contribution in [0.3, 0.4) is 0 Å². The molecule has 2 N–H and O–H groups in total. The van der Waals surface area contributed by atoms with Crippen molar-refractivity contribution in [3.05, 3.63) is 63.6 Å². The lowest BCUT2D eigenvalue weighted by molar-refractivity contribution is -0.168. The number of rotatable bonds is 12. The van der Waals surface area contributed by atoms with Crippen LogP contribution >= 0.6 is 0 Å². The van der Waals surface area contributed by atoms with Gasteiger partial charge in [0.2, 0.25) is 6.29 Å². The number of nitrogens with zero attached hydrogens (tertiary/aromatic N) is 5. The van der Waals surface area contributed by atoms with Crippen molar-refractivity contribution in [1.29, 1.82) is 0 Å². The molecular weight excluding hydrogens is 791 g/mol. The van der Waals surface area contributed by atoms with E-state index in [1.807, 2.05) is 42.2 Å². The van der Waals surface area contributed by atoms with E-state index < -0.39 is 36.4 Å². The quantitative estimate of drug-likeness (QED) is 0.150. The lowest BCUT2D eigenvalue weighted by Crippen LogP contribution is -2.56. The normalized spacial score (nSPS) is 19.4. The number of aromatic nitrogens is 1. The zero-order valence-corrected chi connectivity index (χ0v) is 35.2. The van der Waals surface area contributed by atoms with Crippen LogP contribution in [-0.2, 0) is 41.4 Å². The molecule has 0 radical (unpaired) electrons. The maximum atomic E-state index is 14.3. The van der Waals surface area contributed by atoms with Gasteiger partial charge >= 0.3 is 30.0 Å². The third-order valence-corrected chi connectivity index (χ3v) is 12.2. The van der Waals surface area contributed by atoms with Crippen LogP contribution in [0, 0.1) is 6.92 Å². The third kappa shape index (κ3) is 11.0. The van der Waals surface area contributed by atoms with Crippen LogP contribution in [0.2, 0.25) is 0 Å². The average molecular weight is 848 g/mol. The summed E-state index contributed by atoms with van der Waals surface area (Å²) in [6, 6.07) is 11.5. The van der Waals surface area contributed by atoms with Gasteiger partial charge in [0.15, 0.2) is 11.7 Å². The van der Waals surface area contributed by atoms with E-state index in [1.165, 1.54) is 6.92 Å². The lowest BCUT2D eigenvalue weighted by Gasteiger charge is -2.43. The maximum absolute atomic E-state index is 14.3. The second-order valence-corrected chi connectivity index (χ2v) is 16.2. The molecule has 18 heteroatoms. The first kappa shape index (κ1) is 43.5. The minimum Gasteiger partial charge on any atom is -0.436 e. The van der Waals surface area contributed by atoms with E-state index in [2.05, 4.69) is 20.1 Å². The Hall–Kier alpha value is -5.62. The number of carbonyl (C=O) groups excluding carboxylic acids is 5. The Kier molecular flexibility index (Phi) is 14.1. The van der Waals surface area contributed by atoms with Crippen molar-refractivity contribution >= 4 is 46.9 Å². The number of H-pyrrole nitrogens is 1. The van der Waals surface area contributed by atoms with E-state index in [-0.39, 0.29) is 37.4 Å². The number of hydrogen-bond acceptors (Lipinski definition) is 13. The number of piperidine rings is 2. The van der Waals surface area contributed by atoms with Gasteiger partial charge in [-0.05, 0) is 87.9 Å². The van der Waals surface area contributed by atoms with Crippen LogP contribution in [0.25, 0.3) is 11.1 Å². The Balaban J connectivity index is 0.914. The first-order chi connectivity index (χ1) is 29.4. The van der Waals surface area contributed by atoms with Gasteiger partial charge in [-0.25, -0.2) is 19.2 Å². The van der Waals surface area contributed by atoms with Gasteiger partial charge in [-0.1, -0.05) is 24.3 Å². The molecule has 4 aliphatic rings. The molecular formula is C43H57N7O11. The average Bonchev–Trinajstić information content (AvgIpc) is 3.55. The smallest absolute Gasteiger partial charge is 0.436 e. The summed E-state index contributed by atoms with van der Waals surface area (Å²) < 4.78 is 26.2. The highest BCUT2D eigenvalue weighted by molar-refractivity contribution is 5.91. The van der Waals surface area contributed by atoms with Gasteiger partial charge in [0.05, 0.1) is 18.5 Å². The maximum Gasteiger partial charge on any atom is 0.511 e. The number of hydrogen-bond donors (Lipinski definition) is 2. The highest BCUT2D eigenvalue weighted by atomic mass is 16.8. The summed E-state index contributed by atoms with van der Waals surface area (Å²) in [5, 5.41) is 3.04. The van der Waals surface area contributed by atoms with Gasteiger partial charge in [0.25, 0.3) is 5.91 Å². The van der Waals surface area contributed by atoms with Crippen molar-refractivity contribution in [1.82, 2.24) is 29.5 Å². The van der Waals surface area contributed by atoms with Crippen LogP contribution in [0.15, 0.2) is 45.6 Å². The number of benzene rings is 2. The van der Waals surface area contributed by atoms with Crippen molar-refractivity contribution in [2.45, 2.75) is 90.2 Å². The van der Waals surface area contributed by atoms with Gasteiger partial charge in [0, 0.05) is 83.5 Å². The molecule has 0 spiro atoms. The molecule has 2 aromatic carbocycles. The SMILES string of the molecule is CCOC(=O)OC(C)OC(=O)CCN1CCC(N2CCN(C(=O)[C@@H](Cc3cc(C)c4[nH]c(=O)oc4c3)OC(=O)N3CCC(N4CCc5ccccc5NC4=O)CC3)CC2)CC1. The van der Waals surface area contributed by atoms with Crippen molar-refractivity contribution in [3.8, 4) is 0 Å². The minimum atomic E-state index is -1.11. The molecule has 3 saturated heterocycles. The number of likely N-dealkylation sites (tertiary alicyclic amines) is 2. The Morgan fingerprint density at radius 3 is 2.31 bits per heavy atom. The van der Waals surface area contributed by atoms with E-state index in [0.29, 0.717) is 87.9 Å². The number of esters is 1. The van der Waals surface area contributed by atoms with Crippen LogP contribution in [0.4, 0.5) is 20.1 Å². The molecule has 1 unspecified atom stereocenters. The van der Waals surface area contributed by atoms with Gasteiger partial charge < -0.3 is 48.3 Å². The predicted octanol–water partition coefficient (Wildman–Crippen LogP) is 4.09. The van der Waals surface area contributed by atoms with E-state index in [9.17, 15) is 28.8 Å². The fraction of sp³-hybridized carbons (Fsp3) is 0.581. The molecule has 3 fully saturated rings. The van der Waals surface area contributed by atoms with Gasteiger partial charge in [-0.3, -0.25) is 19.5 Å². The number of urea groups is 1. The van der Waals surface area contributed by atoms with Crippen LogP contribution in [0.1, 0.15) is 62.6 Å². The number of nitrogens with one attached hydrogen (secondary N) is 2. The van der Waals surface area contributed by atoms with E-state index in [0.717, 1.165) is 49.2 Å². The van der Waals surface area contributed by atoms with Crippen molar-refractivity contribution < 1.29 is 47.3 Å². The van der Waals surface area contributed by atoms with Crippen molar-refractivity contribution in [2.24, 2.45) is 0 Å². The largest absolute Gasteiger partial charge is 0.511 e. The third-order valence-electron chi connectivity index (χ3n) is 12.2. The second-order valence-electron chi connectivity index (χ2n) is 16.2. The summed E-state index contributed by atoms with van der Waals surface area (Å²) in [4.78, 5) is 89.6. The summed E-state index contributed by atoms with van der Waals surface area (Å²) in [5.74, 6) is -1.30. The zero-order valence-electron chi connectivity index (χ0n) is 35.2. The number of ether oxygens (including phenoxy) is 4. The van der Waals surface area contributed by atoms with E-state index in [4.69, 9.17) is 23.4 Å². The lowest BCUT2D eigenvalue weighted by atomic mass is 10.0. The Labute approximate surface area is 354 Å². The molecule has 18 nitrogen and oxygen atoms in total. The van der Waals surface area contributed by atoms with Crippen molar-refractivity contribution in [2.75, 3.05) is 77.4 Å². The molecule has 0 bridgehead atoms. The first-order valence-electron chi connectivity index (χ1n) is 21.5. The van der Waals surface area contributed by atoms with E-state index in [1.54, 1.807) is 22.8 Å². The fourth-order valence-corrected chi connectivity index (χ4v) is 8.92. The number of amides is 4. The first-order valence-corrected chi connectivity index (χ1v) is 21.5. The van der Waals surface area contributed by atoms with Crippen LogP contribution in [0.5, 0.6) is 0 Å². The summed E-state index contributed by atoms with van der Waals surface area (Å²) in [7, 11) is 0. The summed E-state index contributed by atoms with van der Waals surface area (Å²) in [5.41, 5.74) is 4.34. The number of oxazole rings is 1. The Bertz CT molecular complexity index is 2100. The Morgan fingerprint density at radius 2 is 1.57 bits per heavy atom. The molecule has 5 heterocycles. The fourth-order valence-electron chi connectivity index (χ4n) is 8.92. The molecule has 1 aromatic heterocycles. The van der Waals surface area contributed by atoms with Gasteiger partial charge in [0.1, 0.15) is 0 Å². The number of anilines is 1. The molecule has 2 atom stereocenters. The molecule has 0 saturated carbocycles. The number of carbonyl (C=O) groups is 5. The van der Waals surface area contributed by atoms with Gasteiger partial charge in [-0.2, -0.15) is 0 Å². The molecule has 7 rings (SSSR count). The Morgan fingerprint density at radius 1 is 0.852 bits per heavy atom. The predicted molar refractivity (Wildman–Crippen MR) is 222 cm³/mol. The topological polar surface area (TPSA) is 196 Å². The highest BCUT2D eigenvalue weighted by Crippen LogP contribution is 2.26. The summed E-state index contributed by atoms with van der Waals surface area (Å²) in [6.45, 7) is 10.9. The molecule has 3 aromatic rings. The minimum absolute atomic E-state index is 0.0384. The van der Waals surface area contributed by atoms with Gasteiger partial charge in [-0.15, -0.1) is 0 Å². The summed E-state index contributed by atoms with van der Waals surface area (Å²) >= 11 is 0. The van der Waals surface area contributed by atoms with E-state index >= 15 is 0 Å². The standard InChI is InChI=1S/C43H57N7O11/c1-4-57-43(56)59-29(3)58-37(51)14-17-46-15-10-32(11-16-46)47-21-23-48(24-22-47)39(52)36(27-30-25-28(2)38-35(26-30)60-41(54)45-38)61-42(55)49-18-12-33(13-19-49)50-20-9-31-7-5-6-8-34(31)44-40(50)53/h5-8,25-26,29,32-33,36H,4,9-24,27H2,1-3H3,(H,44,53)(H,45,54)/t29?,36-/m1/s1. The van der Waals surface area contributed by atoms with Crippen LogP contribution < -0.4 is 11.1 Å². The number of para-hydroxylation sites is 1. The number of piperazine rings is 1. The second kappa shape index (κ2) is 19.8. The molecule has 4 aliphatic heterocycles. The van der Waals surface area contributed by atoms with Crippen molar-refractivity contribution in [3.63, 3.8) is 0 Å². The number of aryl methyl sites for hydroxylation is 1. The molecule has 330 valence electrons. The van der Waals surface area contributed by atoms with Crippen LogP contribution in [-0.4, -0.2) is 156 Å². The zero-order chi connectivity index (χ0) is 43.0. The summed E-state index contributed by atoms with van der Waals surface area (Å²) in [6.07, 6.45) is 0.412.